The molecular weight excluding hydrogens is 326 g/mol. The van der Waals surface area contributed by atoms with E-state index in [4.69, 9.17) is 0 Å². The maximum Gasteiger partial charge on any atom is 0.338 e. The summed E-state index contributed by atoms with van der Waals surface area (Å²) in [5, 5.41) is 10.8. The number of carbonyl (C=O) groups excluding carboxylic acids is 1. The van der Waals surface area contributed by atoms with Crippen LogP contribution in [0.3, 0.4) is 0 Å². The number of hydrogen-bond acceptors (Lipinski definition) is 4. The van der Waals surface area contributed by atoms with Crippen molar-refractivity contribution in [3.8, 4) is 11.1 Å². The number of methoxy groups -OCH3 is 1. The Labute approximate surface area is 123 Å². The molecule has 2 rings (SSSR count). The fourth-order valence-corrected chi connectivity index (χ4v) is 2.07. The number of nitro benzene ring substituents is 1. The molecule has 0 aliphatic carbocycles. The first-order valence-corrected chi connectivity index (χ1v) is 6.45. The van der Waals surface area contributed by atoms with Crippen molar-refractivity contribution in [1.82, 2.24) is 0 Å². The minimum absolute atomic E-state index is 0.147. The number of carbonyl (C=O) groups is 1. The minimum Gasteiger partial charge on any atom is -0.465 e. The molecule has 20 heavy (non-hydrogen) atoms. The lowest BCUT2D eigenvalue weighted by Crippen LogP contribution is -2.04. The van der Waals surface area contributed by atoms with Crippen LogP contribution in [-0.4, -0.2) is 18.0 Å². The van der Waals surface area contributed by atoms with Gasteiger partial charge < -0.3 is 4.74 Å². The Bertz CT molecular complexity index is 667. The van der Waals surface area contributed by atoms with Gasteiger partial charge in [-0.3, -0.25) is 10.1 Å². The Hall–Kier alpha value is -2.21. The van der Waals surface area contributed by atoms with Crippen LogP contribution in [0.2, 0.25) is 0 Å². The zero-order valence-corrected chi connectivity index (χ0v) is 12.1. The van der Waals surface area contributed by atoms with Crippen molar-refractivity contribution in [2.45, 2.75) is 0 Å². The van der Waals surface area contributed by atoms with E-state index in [1.54, 1.807) is 6.07 Å². The van der Waals surface area contributed by atoms with Gasteiger partial charge in [0.1, 0.15) is 0 Å². The Kier molecular flexibility index (Phi) is 4.14. The van der Waals surface area contributed by atoms with Crippen LogP contribution in [-0.2, 0) is 4.74 Å². The molecule has 5 nitrogen and oxygen atoms in total. The fourth-order valence-electron chi connectivity index (χ4n) is 1.81. The van der Waals surface area contributed by atoms with Gasteiger partial charge in [-0.25, -0.2) is 4.79 Å². The van der Waals surface area contributed by atoms with E-state index in [0.717, 1.165) is 10.0 Å². The molecule has 0 unspecified atom stereocenters. The maximum absolute atomic E-state index is 11.8. The van der Waals surface area contributed by atoms with Gasteiger partial charge in [0.15, 0.2) is 0 Å². The zero-order valence-electron chi connectivity index (χ0n) is 10.5. The summed E-state index contributed by atoms with van der Waals surface area (Å²) in [6, 6.07) is 11.4. The van der Waals surface area contributed by atoms with E-state index in [1.165, 1.54) is 19.2 Å². The molecule has 0 saturated heterocycles. The highest BCUT2D eigenvalue weighted by molar-refractivity contribution is 9.10. The Morgan fingerprint density at radius 2 is 1.85 bits per heavy atom. The highest BCUT2D eigenvalue weighted by Crippen LogP contribution is 2.29. The molecule has 0 aliphatic heterocycles. The normalized spacial score (nSPS) is 10.1. The first-order chi connectivity index (χ1) is 9.52. The summed E-state index contributed by atoms with van der Waals surface area (Å²) in [7, 11) is 1.24. The number of esters is 1. The van der Waals surface area contributed by atoms with Gasteiger partial charge in [0.05, 0.1) is 17.6 Å². The fraction of sp³-hybridized carbons (Fsp3) is 0.0714. The summed E-state index contributed by atoms with van der Waals surface area (Å²) in [6.45, 7) is 0. The van der Waals surface area contributed by atoms with Gasteiger partial charge >= 0.3 is 5.97 Å². The van der Waals surface area contributed by atoms with E-state index < -0.39 is 10.9 Å². The van der Waals surface area contributed by atoms with Crippen molar-refractivity contribution in [3.05, 3.63) is 62.6 Å². The van der Waals surface area contributed by atoms with Crippen molar-refractivity contribution in [2.75, 3.05) is 7.11 Å². The van der Waals surface area contributed by atoms with E-state index in [2.05, 4.69) is 20.7 Å². The largest absolute Gasteiger partial charge is 0.465 e. The summed E-state index contributed by atoms with van der Waals surface area (Å²) in [4.78, 5) is 22.1. The van der Waals surface area contributed by atoms with E-state index >= 15 is 0 Å². The second kappa shape index (κ2) is 5.83. The third-order valence-corrected chi connectivity index (χ3v) is 3.30. The van der Waals surface area contributed by atoms with Crippen LogP contribution in [0.25, 0.3) is 11.1 Å². The van der Waals surface area contributed by atoms with Gasteiger partial charge in [0, 0.05) is 16.6 Å². The molecule has 0 aliphatic rings. The predicted molar refractivity (Wildman–Crippen MR) is 77.6 cm³/mol. The van der Waals surface area contributed by atoms with Crippen LogP contribution in [0.15, 0.2) is 46.9 Å². The average Bonchev–Trinajstić information content (AvgIpc) is 2.46. The molecule has 6 heteroatoms. The first-order valence-electron chi connectivity index (χ1n) is 5.65. The van der Waals surface area contributed by atoms with E-state index in [-0.39, 0.29) is 11.3 Å². The molecule has 0 N–H and O–H groups in total. The molecule has 2 aromatic rings. The third kappa shape index (κ3) is 2.85. The topological polar surface area (TPSA) is 69.4 Å². The predicted octanol–water partition coefficient (Wildman–Crippen LogP) is 3.81. The summed E-state index contributed by atoms with van der Waals surface area (Å²) < 4.78 is 5.59. The lowest BCUT2D eigenvalue weighted by molar-refractivity contribution is -0.384. The average molecular weight is 336 g/mol. The van der Waals surface area contributed by atoms with Gasteiger partial charge in [0.2, 0.25) is 0 Å². The molecule has 0 fully saturated rings. The van der Waals surface area contributed by atoms with Crippen LogP contribution in [0, 0.1) is 10.1 Å². The summed E-state index contributed by atoms with van der Waals surface area (Å²) >= 11 is 3.33. The van der Waals surface area contributed by atoms with Gasteiger partial charge in [0.25, 0.3) is 5.69 Å². The van der Waals surface area contributed by atoms with E-state index in [9.17, 15) is 14.9 Å². The van der Waals surface area contributed by atoms with Crippen molar-refractivity contribution in [3.63, 3.8) is 0 Å². The first kappa shape index (κ1) is 14.2. The van der Waals surface area contributed by atoms with Crippen LogP contribution < -0.4 is 0 Å². The molecule has 0 saturated carbocycles. The maximum atomic E-state index is 11.8. The second-order valence-electron chi connectivity index (χ2n) is 3.99. The standard InChI is InChI=1S/C14H10BrNO4/c1-20-14(17)13-8-11(16(18)19)6-7-12(13)9-2-4-10(15)5-3-9/h2-8H,1H3. The van der Waals surface area contributed by atoms with Gasteiger partial charge in [-0.15, -0.1) is 0 Å². The van der Waals surface area contributed by atoms with Crippen molar-refractivity contribution >= 4 is 27.6 Å². The highest BCUT2D eigenvalue weighted by atomic mass is 79.9. The number of halogens is 1. The van der Waals surface area contributed by atoms with Gasteiger partial charge in [-0.05, 0) is 29.3 Å². The number of nitrogens with zero attached hydrogens (tertiary/aromatic N) is 1. The molecular formula is C14H10BrNO4. The summed E-state index contributed by atoms with van der Waals surface area (Å²) in [6.07, 6.45) is 0. The molecule has 102 valence electrons. The molecule has 0 heterocycles. The van der Waals surface area contributed by atoms with Crippen molar-refractivity contribution in [1.29, 1.82) is 0 Å². The van der Waals surface area contributed by atoms with Crippen LogP contribution in [0.1, 0.15) is 10.4 Å². The molecule has 0 aromatic heterocycles. The molecule has 2 aromatic carbocycles. The Morgan fingerprint density at radius 1 is 1.20 bits per heavy atom. The molecule has 0 spiro atoms. The summed E-state index contributed by atoms with van der Waals surface area (Å²) in [5.74, 6) is -0.605. The minimum atomic E-state index is -0.605. The van der Waals surface area contributed by atoms with Crippen molar-refractivity contribution in [2.24, 2.45) is 0 Å². The molecule has 0 bridgehead atoms. The van der Waals surface area contributed by atoms with Crippen LogP contribution in [0.4, 0.5) is 5.69 Å². The Balaban J connectivity index is 2.59. The molecule has 0 amide bonds. The zero-order chi connectivity index (χ0) is 14.7. The number of ether oxygens (including phenoxy) is 1. The van der Waals surface area contributed by atoms with Crippen LogP contribution in [0.5, 0.6) is 0 Å². The Morgan fingerprint density at radius 3 is 2.40 bits per heavy atom. The van der Waals surface area contributed by atoms with E-state index in [0.29, 0.717) is 5.56 Å². The highest BCUT2D eigenvalue weighted by Gasteiger charge is 2.18. The SMILES string of the molecule is COC(=O)c1cc([N+](=O)[O-])ccc1-c1ccc(Br)cc1. The quantitative estimate of drug-likeness (QED) is 0.485. The van der Waals surface area contributed by atoms with Crippen LogP contribution >= 0.6 is 15.9 Å². The molecule has 0 atom stereocenters. The second-order valence-corrected chi connectivity index (χ2v) is 4.90. The monoisotopic (exact) mass is 335 g/mol. The number of non-ortho nitro benzene ring substituents is 1. The number of nitro groups is 1. The van der Waals surface area contributed by atoms with E-state index in [1.807, 2.05) is 24.3 Å². The third-order valence-electron chi connectivity index (χ3n) is 2.77. The van der Waals surface area contributed by atoms with Gasteiger partial charge in [-0.2, -0.15) is 0 Å². The number of benzene rings is 2. The lowest BCUT2D eigenvalue weighted by Gasteiger charge is -2.08. The lowest BCUT2D eigenvalue weighted by atomic mass is 9.99. The molecule has 0 radical (unpaired) electrons. The van der Waals surface area contributed by atoms with Crippen molar-refractivity contribution < 1.29 is 14.5 Å². The smallest absolute Gasteiger partial charge is 0.338 e. The number of rotatable bonds is 3. The van der Waals surface area contributed by atoms with Gasteiger partial charge in [-0.1, -0.05) is 28.1 Å². The number of hydrogen-bond donors (Lipinski definition) is 0. The summed E-state index contributed by atoms with van der Waals surface area (Å²) in [5.41, 5.74) is 1.40.